The standard InChI is InChI=1S/C15H9BrCl2N2O/c16-10-2-1-3-12-13(10)9(6-20-12)15(21)8-4-7(19)5-11(17)14(8)18/h1-6,20H,19H2. The molecule has 6 heteroatoms. The lowest BCUT2D eigenvalue weighted by molar-refractivity contribution is 0.104. The average Bonchev–Trinajstić information content (AvgIpc) is 2.87. The molecule has 0 radical (unpaired) electrons. The largest absolute Gasteiger partial charge is 0.399 e. The third kappa shape index (κ3) is 2.44. The molecule has 0 amide bonds. The highest BCUT2D eigenvalue weighted by molar-refractivity contribution is 9.10. The van der Waals surface area contributed by atoms with Gasteiger partial charge in [0, 0.05) is 38.4 Å². The van der Waals surface area contributed by atoms with Crippen LogP contribution in [-0.2, 0) is 0 Å². The lowest BCUT2D eigenvalue weighted by Crippen LogP contribution is -2.03. The number of benzene rings is 2. The van der Waals surface area contributed by atoms with Crippen LogP contribution >= 0.6 is 39.1 Å². The molecule has 0 fully saturated rings. The van der Waals surface area contributed by atoms with Crippen LogP contribution in [0.4, 0.5) is 5.69 Å². The Labute approximate surface area is 139 Å². The Kier molecular flexibility index (Phi) is 3.69. The first kappa shape index (κ1) is 14.4. The number of nitrogens with two attached hydrogens (primary N) is 1. The van der Waals surface area contributed by atoms with Gasteiger partial charge in [-0.3, -0.25) is 4.79 Å². The van der Waals surface area contributed by atoms with Gasteiger partial charge in [-0.2, -0.15) is 0 Å². The fourth-order valence-corrected chi connectivity index (χ4v) is 3.24. The van der Waals surface area contributed by atoms with Crippen LogP contribution in [0.1, 0.15) is 15.9 Å². The molecule has 0 atom stereocenters. The summed E-state index contributed by atoms with van der Waals surface area (Å²) in [6, 6.07) is 8.71. The summed E-state index contributed by atoms with van der Waals surface area (Å²) in [6.07, 6.45) is 1.66. The Bertz CT molecular complexity index is 873. The smallest absolute Gasteiger partial charge is 0.196 e. The number of H-pyrrole nitrogens is 1. The Morgan fingerprint density at radius 3 is 2.71 bits per heavy atom. The summed E-state index contributed by atoms with van der Waals surface area (Å²) in [5.41, 5.74) is 7.81. The van der Waals surface area contributed by atoms with Gasteiger partial charge in [0.05, 0.1) is 10.0 Å². The molecule has 1 heterocycles. The van der Waals surface area contributed by atoms with Crippen molar-refractivity contribution in [2.24, 2.45) is 0 Å². The van der Waals surface area contributed by atoms with Crippen LogP contribution < -0.4 is 5.73 Å². The number of aromatic amines is 1. The van der Waals surface area contributed by atoms with Crippen molar-refractivity contribution in [2.45, 2.75) is 0 Å². The SMILES string of the molecule is Nc1cc(Cl)c(Cl)c(C(=O)c2c[nH]c3cccc(Br)c23)c1. The first-order valence-electron chi connectivity index (χ1n) is 6.04. The number of anilines is 1. The van der Waals surface area contributed by atoms with Crippen LogP contribution in [0.2, 0.25) is 10.0 Å². The number of nitrogens with one attached hydrogen (secondary N) is 1. The molecule has 106 valence electrons. The number of ketones is 1. The maximum absolute atomic E-state index is 12.8. The van der Waals surface area contributed by atoms with Gasteiger partial charge in [-0.25, -0.2) is 0 Å². The molecule has 0 unspecified atom stereocenters. The molecule has 0 aliphatic rings. The zero-order valence-electron chi connectivity index (χ0n) is 10.6. The van der Waals surface area contributed by atoms with Crippen molar-refractivity contribution >= 4 is 61.5 Å². The molecular formula is C15H9BrCl2N2O. The van der Waals surface area contributed by atoms with E-state index in [4.69, 9.17) is 28.9 Å². The summed E-state index contributed by atoms with van der Waals surface area (Å²) in [6.45, 7) is 0. The molecule has 0 saturated carbocycles. The summed E-state index contributed by atoms with van der Waals surface area (Å²) in [5, 5.41) is 1.27. The van der Waals surface area contributed by atoms with Crippen molar-refractivity contribution in [3.63, 3.8) is 0 Å². The van der Waals surface area contributed by atoms with Gasteiger partial charge in [-0.15, -0.1) is 0 Å². The second-order valence-corrected chi connectivity index (χ2v) is 6.20. The van der Waals surface area contributed by atoms with Gasteiger partial charge in [0.1, 0.15) is 0 Å². The zero-order chi connectivity index (χ0) is 15.1. The van der Waals surface area contributed by atoms with Crippen molar-refractivity contribution in [3.8, 4) is 0 Å². The molecule has 1 aromatic heterocycles. The maximum atomic E-state index is 12.8. The molecule has 21 heavy (non-hydrogen) atoms. The Morgan fingerprint density at radius 2 is 1.95 bits per heavy atom. The third-order valence-electron chi connectivity index (χ3n) is 3.19. The van der Waals surface area contributed by atoms with Crippen LogP contribution in [0.3, 0.4) is 0 Å². The first-order chi connectivity index (χ1) is 9.99. The normalized spacial score (nSPS) is 11.0. The van der Waals surface area contributed by atoms with Crippen molar-refractivity contribution < 1.29 is 4.79 Å². The molecule has 3 rings (SSSR count). The van der Waals surface area contributed by atoms with Gasteiger partial charge in [0.2, 0.25) is 0 Å². The number of fused-ring (bicyclic) bond motifs is 1. The highest BCUT2D eigenvalue weighted by Crippen LogP contribution is 2.33. The van der Waals surface area contributed by atoms with Gasteiger partial charge >= 0.3 is 0 Å². The molecule has 3 nitrogen and oxygen atoms in total. The summed E-state index contributed by atoms with van der Waals surface area (Å²) in [7, 11) is 0. The molecule has 0 saturated heterocycles. The lowest BCUT2D eigenvalue weighted by atomic mass is 10.0. The predicted octanol–water partition coefficient (Wildman–Crippen LogP) is 5.05. The van der Waals surface area contributed by atoms with E-state index in [1.807, 2.05) is 18.2 Å². The van der Waals surface area contributed by atoms with Gasteiger partial charge in [0.15, 0.2) is 5.78 Å². The molecule has 0 bridgehead atoms. The molecular weight excluding hydrogens is 375 g/mol. The zero-order valence-corrected chi connectivity index (χ0v) is 13.7. The van der Waals surface area contributed by atoms with Crippen LogP contribution in [-0.4, -0.2) is 10.8 Å². The van der Waals surface area contributed by atoms with Crippen LogP contribution in [0.5, 0.6) is 0 Å². The molecule has 3 N–H and O–H groups in total. The first-order valence-corrected chi connectivity index (χ1v) is 7.58. The van der Waals surface area contributed by atoms with E-state index in [-0.39, 0.29) is 15.8 Å². The highest BCUT2D eigenvalue weighted by atomic mass is 79.9. The topological polar surface area (TPSA) is 58.9 Å². The number of halogens is 3. The quantitative estimate of drug-likeness (QED) is 0.480. The van der Waals surface area contributed by atoms with E-state index in [0.29, 0.717) is 16.8 Å². The maximum Gasteiger partial charge on any atom is 0.196 e. The second-order valence-electron chi connectivity index (χ2n) is 4.56. The minimum Gasteiger partial charge on any atom is -0.399 e. The Morgan fingerprint density at radius 1 is 1.19 bits per heavy atom. The van der Waals surface area contributed by atoms with Crippen LogP contribution in [0.15, 0.2) is 41.0 Å². The minimum absolute atomic E-state index is 0.206. The minimum atomic E-state index is -0.229. The van der Waals surface area contributed by atoms with Crippen molar-refractivity contribution in [3.05, 3.63) is 62.2 Å². The van der Waals surface area contributed by atoms with E-state index in [0.717, 1.165) is 15.4 Å². The third-order valence-corrected chi connectivity index (χ3v) is 4.66. The van der Waals surface area contributed by atoms with E-state index < -0.39 is 0 Å². The lowest BCUT2D eigenvalue weighted by Gasteiger charge is -2.07. The van der Waals surface area contributed by atoms with Crippen molar-refractivity contribution in [2.75, 3.05) is 5.73 Å². The summed E-state index contributed by atoms with van der Waals surface area (Å²) < 4.78 is 0.829. The molecule has 0 spiro atoms. The predicted molar refractivity (Wildman–Crippen MR) is 90.3 cm³/mol. The number of rotatable bonds is 2. The van der Waals surface area contributed by atoms with E-state index in [9.17, 15) is 4.79 Å². The van der Waals surface area contributed by atoms with Crippen LogP contribution in [0.25, 0.3) is 10.9 Å². The van der Waals surface area contributed by atoms with Crippen molar-refractivity contribution in [1.82, 2.24) is 4.98 Å². The second kappa shape index (κ2) is 5.37. The monoisotopic (exact) mass is 382 g/mol. The number of carbonyl (C=O) groups is 1. The van der Waals surface area contributed by atoms with Gasteiger partial charge in [-0.05, 0) is 24.3 Å². The van der Waals surface area contributed by atoms with Crippen molar-refractivity contribution in [1.29, 1.82) is 0 Å². The van der Waals surface area contributed by atoms with Crippen LogP contribution in [0, 0.1) is 0 Å². The highest BCUT2D eigenvalue weighted by Gasteiger charge is 2.20. The fraction of sp³-hybridized carbons (Fsp3) is 0. The number of carbonyl (C=O) groups excluding carboxylic acids is 1. The summed E-state index contributed by atoms with van der Waals surface area (Å²) >= 11 is 15.6. The van der Waals surface area contributed by atoms with E-state index in [2.05, 4.69) is 20.9 Å². The Hall–Kier alpha value is -1.49. The number of nitrogen functional groups attached to an aromatic ring is 1. The van der Waals surface area contributed by atoms with Gasteiger partial charge < -0.3 is 10.7 Å². The molecule has 2 aromatic carbocycles. The molecule has 0 aliphatic heterocycles. The number of aromatic nitrogens is 1. The Balaban J connectivity index is 2.22. The summed E-state index contributed by atoms with van der Waals surface area (Å²) in [5.74, 6) is -0.229. The average molecular weight is 384 g/mol. The van der Waals surface area contributed by atoms with E-state index in [1.54, 1.807) is 6.20 Å². The van der Waals surface area contributed by atoms with E-state index in [1.165, 1.54) is 12.1 Å². The van der Waals surface area contributed by atoms with E-state index >= 15 is 0 Å². The number of hydrogen-bond acceptors (Lipinski definition) is 2. The molecule has 0 aliphatic carbocycles. The number of hydrogen-bond donors (Lipinski definition) is 2. The van der Waals surface area contributed by atoms with Gasteiger partial charge in [-0.1, -0.05) is 45.2 Å². The fourth-order valence-electron chi connectivity index (χ4n) is 2.24. The molecule has 3 aromatic rings. The summed E-state index contributed by atoms with van der Waals surface area (Å²) in [4.78, 5) is 15.8. The van der Waals surface area contributed by atoms with Gasteiger partial charge in [0.25, 0.3) is 0 Å².